The highest BCUT2D eigenvalue weighted by Crippen LogP contribution is 2.35. The van der Waals surface area contributed by atoms with E-state index in [2.05, 4.69) is 5.32 Å². The van der Waals surface area contributed by atoms with Gasteiger partial charge in [-0.15, -0.1) is 0 Å². The lowest BCUT2D eigenvalue weighted by molar-refractivity contribution is -0.112. The van der Waals surface area contributed by atoms with E-state index < -0.39 is 5.91 Å². The first-order valence-electron chi connectivity index (χ1n) is 7.58. The van der Waals surface area contributed by atoms with E-state index in [9.17, 15) is 10.1 Å². The van der Waals surface area contributed by atoms with Crippen LogP contribution in [-0.2, 0) is 4.79 Å². The number of hydrogen-bond acceptors (Lipinski definition) is 4. The molecule has 0 spiro atoms. The number of amides is 1. The Morgan fingerprint density at radius 2 is 2.00 bits per heavy atom. The van der Waals surface area contributed by atoms with Gasteiger partial charge in [-0.3, -0.25) is 4.79 Å². The summed E-state index contributed by atoms with van der Waals surface area (Å²) in [5.41, 5.74) is 2.90. The molecule has 0 saturated heterocycles. The molecule has 3 rings (SSSR count). The van der Waals surface area contributed by atoms with Crippen LogP contribution in [0.25, 0.3) is 6.08 Å². The number of anilines is 1. The van der Waals surface area contributed by atoms with Crippen LogP contribution in [0, 0.1) is 25.2 Å². The molecule has 0 aromatic heterocycles. The van der Waals surface area contributed by atoms with Gasteiger partial charge in [-0.05, 0) is 60.9 Å². The highest BCUT2D eigenvalue weighted by Gasteiger charge is 2.17. The molecular formula is C19H15ClN2O3. The van der Waals surface area contributed by atoms with Crippen molar-refractivity contribution in [1.82, 2.24) is 0 Å². The van der Waals surface area contributed by atoms with Crippen molar-refractivity contribution >= 4 is 29.3 Å². The van der Waals surface area contributed by atoms with E-state index >= 15 is 0 Å². The number of fused-ring (bicyclic) bond motifs is 1. The number of rotatable bonds is 3. The van der Waals surface area contributed by atoms with Crippen LogP contribution in [0.3, 0.4) is 0 Å². The van der Waals surface area contributed by atoms with E-state index in [0.29, 0.717) is 22.2 Å². The summed E-state index contributed by atoms with van der Waals surface area (Å²) in [5.74, 6) is 0.761. The Balaban J connectivity index is 1.89. The van der Waals surface area contributed by atoms with Crippen molar-refractivity contribution in [1.29, 1.82) is 5.26 Å². The average Bonchev–Trinajstić information content (AvgIpc) is 3.03. The molecule has 1 N–H and O–H groups in total. The minimum atomic E-state index is -0.495. The second-order valence-electron chi connectivity index (χ2n) is 5.60. The Labute approximate surface area is 150 Å². The normalized spacial score (nSPS) is 12.6. The molecule has 1 amide bonds. The van der Waals surface area contributed by atoms with Gasteiger partial charge >= 0.3 is 0 Å². The molecule has 25 heavy (non-hydrogen) atoms. The molecule has 0 aliphatic carbocycles. The van der Waals surface area contributed by atoms with E-state index in [4.69, 9.17) is 21.1 Å². The van der Waals surface area contributed by atoms with Crippen molar-refractivity contribution in [2.24, 2.45) is 0 Å². The second-order valence-corrected chi connectivity index (χ2v) is 6.01. The fourth-order valence-corrected chi connectivity index (χ4v) is 2.63. The Morgan fingerprint density at radius 3 is 2.72 bits per heavy atom. The summed E-state index contributed by atoms with van der Waals surface area (Å²) in [6, 6.07) is 10.7. The van der Waals surface area contributed by atoms with Gasteiger partial charge in [0.25, 0.3) is 5.91 Å². The quantitative estimate of drug-likeness (QED) is 0.661. The van der Waals surface area contributed by atoms with Crippen LogP contribution in [0.2, 0.25) is 5.02 Å². The number of carbonyl (C=O) groups is 1. The fraction of sp³-hybridized carbons (Fsp3) is 0.158. The van der Waals surface area contributed by atoms with Gasteiger partial charge in [0.05, 0.1) is 0 Å². The number of nitrogens with zero attached hydrogens (tertiary/aromatic N) is 1. The smallest absolute Gasteiger partial charge is 0.266 e. The molecular weight excluding hydrogens is 340 g/mol. The van der Waals surface area contributed by atoms with Crippen molar-refractivity contribution in [2.45, 2.75) is 13.8 Å². The SMILES string of the molecule is Cc1cc2c(cc1/C=C(\C#N)C(=O)Nc1cccc(Cl)c1C)OCO2. The highest BCUT2D eigenvalue weighted by molar-refractivity contribution is 6.31. The minimum Gasteiger partial charge on any atom is -0.454 e. The molecule has 0 saturated carbocycles. The molecule has 0 unspecified atom stereocenters. The van der Waals surface area contributed by atoms with E-state index in [-0.39, 0.29) is 12.4 Å². The largest absolute Gasteiger partial charge is 0.454 e. The number of nitrogens with one attached hydrogen (secondary N) is 1. The third-order valence-electron chi connectivity index (χ3n) is 3.94. The van der Waals surface area contributed by atoms with Crippen LogP contribution >= 0.6 is 11.6 Å². The molecule has 0 bridgehead atoms. The van der Waals surface area contributed by atoms with E-state index in [1.165, 1.54) is 6.08 Å². The molecule has 5 nitrogen and oxygen atoms in total. The standard InChI is InChI=1S/C19H15ClN2O3/c1-11-6-17-18(25-10-24-17)8-13(11)7-14(9-21)19(23)22-16-5-3-4-15(20)12(16)2/h3-8H,10H2,1-2H3,(H,22,23)/b14-7+. The zero-order valence-electron chi connectivity index (χ0n) is 13.7. The van der Waals surface area contributed by atoms with Gasteiger partial charge in [-0.2, -0.15) is 5.26 Å². The Bertz CT molecular complexity index is 929. The van der Waals surface area contributed by atoms with Crippen molar-refractivity contribution in [2.75, 3.05) is 12.1 Å². The number of nitriles is 1. The predicted octanol–water partition coefficient (Wildman–Crippen LogP) is 4.23. The zero-order valence-corrected chi connectivity index (χ0v) is 14.5. The van der Waals surface area contributed by atoms with Gasteiger partial charge in [0.1, 0.15) is 11.6 Å². The molecule has 1 aliphatic rings. The number of carbonyl (C=O) groups excluding carboxylic acids is 1. The average molecular weight is 355 g/mol. The summed E-state index contributed by atoms with van der Waals surface area (Å²) in [6.07, 6.45) is 1.53. The number of aryl methyl sites for hydroxylation is 1. The Morgan fingerprint density at radius 1 is 1.28 bits per heavy atom. The van der Waals surface area contributed by atoms with E-state index in [1.54, 1.807) is 31.2 Å². The number of halogens is 1. The van der Waals surface area contributed by atoms with Gasteiger partial charge in [0, 0.05) is 10.7 Å². The molecule has 1 heterocycles. The van der Waals surface area contributed by atoms with E-state index in [0.717, 1.165) is 16.7 Å². The predicted molar refractivity (Wildman–Crippen MR) is 95.7 cm³/mol. The first kappa shape index (κ1) is 16.9. The summed E-state index contributed by atoms with van der Waals surface area (Å²) >= 11 is 6.06. The third kappa shape index (κ3) is 3.44. The van der Waals surface area contributed by atoms with Crippen molar-refractivity contribution in [3.63, 3.8) is 0 Å². The Hall–Kier alpha value is -2.97. The number of hydrogen-bond donors (Lipinski definition) is 1. The van der Waals surface area contributed by atoms with Crippen molar-refractivity contribution in [3.05, 3.63) is 57.6 Å². The third-order valence-corrected chi connectivity index (χ3v) is 4.35. The summed E-state index contributed by atoms with van der Waals surface area (Å²) in [6.45, 7) is 3.85. The molecule has 2 aromatic carbocycles. The zero-order chi connectivity index (χ0) is 18.0. The maximum absolute atomic E-state index is 12.5. The van der Waals surface area contributed by atoms with Crippen molar-refractivity contribution in [3.8, 4) is 17.6 Å². The lowest BCUT2D eigenvalue weighted by Crippen LogP contribution is -2.14. The van der Waals surface area contributed by atoms with Gasteiger partial charge in [-0.1, -0.05) is 17.7 Å². The molecule has 126 valence electrons. The van der Waals surface area contributed by atoms with Gasteiger partial charge in [0.15, 0.2) is 11.5 Å². The number of ether oxygens (including phenoxy) is 2. The van der Waals surface area contributed by atoms with Crippen LogP contribution in [-0.4, -0.2) is 12.7 Å². The molecule has 2 aromatic rings. The van der Waals surface area contributed by atoms with E-state index in [1.807, 2.05) is 19.1 Å². The molecule has 1 aliphatic heterocycles. The first-order valence-corrected chi connectivity index (χ1v) is 7.96. The molecule has 0 atom stereocenters. The van der Waals surface area contributed by atoms with Crippen LogP contribution in [0.1, 0.15) is 16.7 Å². The molecule has 0 radical (unpaired) electrons. The number of benzene rings is 2. The topological polar surface area (TPSA) is 71.4 Å². The summed E-state index contributed by atoms with van der Waals surface area (Å²) < 4.78 is 10.7. The monoisotopic (exact) mass is 354 g/mol. The Kier molecular flexibility index (Phi) is 4.64. The maximum atomic E-state index is 12.5. The summed E-state index contributed by atoms with van der Waals surface area (Å²) in [7, 11) is 0. The highest BCUT2D eigenvalue weighted by atomic mass is 35.5. The lowest BCUT2D eigenvalue weighted by atomic mass is 10.0. The van der Waals surface area contributed by atoms with Crippen LogP contribution < -0.4 is 14.8 Å². The summed E-state index contributed by atoms with van der Waals surface area (Å²) in [4.78, 5) is 12.5. The summed E-state index contributed by atoms with van der Waals surface area (Å²) in [5, 5.41) is 12.7. The first-order chi connectivity index (χ1) is 12.0. The maximum Gasteiger partial charge on any atom is 0.266 e. The molecule has 6 heteroatoms. The minimum absolute atomic E-state index is 0.0126. The van der Waals surface area contributed by atoms with Gasteiger partial charge in [0.2, 0.25) is 6.79 Å². The fourth-order valence-electron chi connectivity index (χ4n) is 2.45. The van der Waals surface area contributed by atoms with Crippen LogP contribution in [0.4, 0.5) is 5.69 Å². The van der Waals surface area contributed by atoms with Crippen molar-refractivity contribution < 1.29 is 14.3 Å². The van der Waals surface area contributed by atoms with Gasteiger partial charge < -0.3 is 14.8 Å². The van der Waals surface area contributed by atoms with Gasteiger partial charge in [-0.25, -0.2) is 0 Å². The lowest BCUT2D eigenvalue weighted by Gasteiger charge is -2.09. The molecule has 0 fully saturated rings. The van der Waals surface area contributed by atoms with Crippen LogP contribution in [0.5, 0.6) is 11.5 Å². The second kappa shape index (κ2) is 6.88. The van der Waals surface area contributed by atoms with Crippen LogP contribution in [0.15, 0.2) is 35.9 Å².